The number of aliphatic hydroxyl groups excluding tert-OH is 1. The zero-order valence-corrected chi connectivity index (χ0v) is 11.2. The van der Waals surface area contributed by atoms with Gasteiger partial charge in [0.05, 0.1) is 19.8 Å². The Hall–Kier alpha value is -1.75. The highest BCUT2D eigenvalue weighted by atomic mass is 16.5. The number of carbonyl (C=O) groups excluding carboxylic acids is 1. The number of hydrogen-bond donors (Lipinski definition) is 2. The van der Waals surface area contributed by atoms with E-state index in [1.807, 2.05) is 6.92 Å². The van der Waals surface area contributed by atoms with E-state index in [2.05, 4.69) is 5.32 Å². The first kappa shape index (κ1) is 13.7. The number of carbonyl (C=O) groups is 1. The number of rotatable bonds is 5. The van der Waals surface area contributed by atoms with E-state index in [1.165, 1.54) is 0 Å². The molecule has 5 nitrogen and oxygen atoms in total. The quantitative estimate of drug-likeness (QED) is 0.843. The van der Waals surface area contributed by atoms with Crippen molar-refractivity contribution < 1.29 is 19.4 Å². The highest BCUT2D eigenvalue weighted by Gasteiger charge is 2.28. The molecule has 1 aromatic rings. The van der Waals surface area contributed by atoms with E-state index in [0.717, 1.165) is 0 Å². The predicted octanol–water partition coefficient (Wildman–Crippen LogP) is 1.35. The Kier molecular flexibility index (Phi) is 4.27. The number of methoxy groups -OCH3 is 1. The van der Waals surface area contributed by atoms with Crippen molar-refractivity contribution in [2.24, 2.45) is 0 Å². The van der Waals surface area contributed by atoms with E-state index in [-0.39, 0.29) is 18.1 Å². The van der Waals surface area contributed by atoms with Gasteiger partial charge in [0.1, 0.15) is 0 Å². The molecule has 0 aromatic heterocycles. The Morgan fingerprint density at radius 2 is 2.16 bits per heavy atom. The first-order valence-corrected chi connectivity index (χ1v) is 6.43. The normalized spacial score (nSPS) is 21.4. The van der Waals surface area contributed by atoms with Crippen LogP contribution in [0.25, 0.3) is 0 Å². The van der Waals surface area contributed by atoms with Crippen molar-refractivity contribution >= 4 is 5.91 Å². The first-order valence-electron chi connectivity index (χ1n) is 6.43. The number of ether oxygens (including phenoxy) is 2. The van der Waals surface area contributed by atoms with Crippen LogP contribution in [0, 0.1) is 0 Å². The first-order chi connectivity index (χ1) is 9.13. The van der Waals surface area contributed by atoms with Crippen LogP contribution in [-0.2, 0) is 0 Å². The third-order valence-electron chi connectivity index (χ3n) is 3.17. The van der Waals surface area contributed by atoms with Gasteiger partial charge < -0.3 is 19.9 Å². The molecular formula is C14H19NO4. The van der Waals surface area contributed by atoms with Gasteiger partial charge in [0.25, 0.3) is 5.91 Å². The van der Waals surface area contributed by atoms with Crippen molar-refractivity contribution in [3.63, 3.8) is 0 Å². The molecule has 0 heterocycles. The average molecular weight is 265 g/mol. The van der Waals surface area contributed by atoms with Crippen LogP contribution in [-0.4, -0.2) is 36.9 Å². The van der Waals surface area contributed by atoms with E-state index < -0.39 is 0 Å². The molecule has 19 heavy (non-hydrogen) atoms. The number of aliphatic hydroxyl groups is 1. The molecule has 0 radical (unpaired) electrons. The molecule has 1 saturated carbocycles. The molecule has 0 atom stereocenters. The Labute approximate surface area is 112 Å². The molecule has 0 bridgehead atoms. The maximum absolute atomic E-state index is 12.0. The van der Waals surface area contributed by atoms with Crippen LogP contribution in [0.4, 0.5) is 0 Å². The van der Waals surface area contributed by atoms with Gasteiger partial charge >= 0.3 is 0 Å². The van der Waals surface area contributed by atoms with Gasteiger partial charge in [-0.25, -0.2) is 0 Å². The van der Waals surface area contributed by atoms with Crippen LogP contribution in [0.3, 0.4) is 0 Å². The molecule has 0 spiro atoms. The summed E-state index contributed by atoms with van der Waals surface area (Å²) >= 11 is 0. The van der Waals surface area contributed by atoms with Gasteiger partial charge in [0.2, 0.25) is 0 Å². The summed E-state index contributed by atoms with van der Waals surface area (Å²) in [7, 11) is 1.54. The summed E-state index contributed by atoms with van der Waals surface area (Å²) in [4.78, 5) is 12.0. The zero-order chi connectivity index (χ0) is 13.8. The molecule has 0 aliphatic heterocycles. The Morgan fingerprint density at radius 3 is 2.74 bits per heavy atom. The smallest absolute Gasteiger partial charge is 0.251 e. The Balaban J connectivity index is 2.05. The predicted molar refractivity (Wildman–Crippen MR) is 70.7 cm³/mol. The number of hydrogen-bond acceptors (Lipinski definition) is 4. The minimum Gasteiger partial charge on any atom is -0.493 e. The summed E-state index contributed by atoms with van der Waals surface area (Å²) in [6.45, 7) is 2.43. The summed E-state index contributed by atoms with van der Waals surface area (Å²) in [6.07, 6.45) is 0.972. The monoisotopic (exact) mass is 265 g/mol. The van der Waals surface area contributed by atoms with Crippen LogP contribution in [0.5, 0.6) is 11.5 Å². The lowest BCUT2D eigenvalue weighted by Crippen LogP contribution is -2.46. The largest absolute Gasteiger partial charge is 0.493 e. The number of amides is 1. The molecule has 0 saturated heterocycles. The molecule has 0 unspecified atom stereocenters. The maximum Gasteiger partial charge on any atom is 0.251 e. The summed E-state index contributed by atoms with van der Waals surface area (Å²) in [5.74, 6) is 1.02. The van der Waals surface area contributed by atoms with Gasteiger partial charge in [-0.15, -0.1) is 0 Å². The summed E-state index contributed by atoms with van der Waals surface area (Å²) < 4.78 is 10.6. The van der Waals surface area contributed by atoms with E-state index >= 15 is 0 Å². The van der Waals surface area contributed by atoms with Crippen molar-refractivity contribution in [1.29, 1.82) is 0 Å². The average Bonchev–Trinajstić information content (AvgIpc) is 2.37. The summed E-state index contributed by atoms with van der Waals surface area (Å²) in [5.41, 5.74) is 0.529. The second-order valence-corrected chi connectivity index (χ2v) is 4.59. The van der Waals surface area contributed by atoms with Gasteiger partial charge in [0, 0.05) is 11.6 Å². The van der Waals surface area contributed by atoms with E-state index in [0.29, 0.717) is 36.5 Å². The molecule has 2 rings (SSSR count). The van der Waals surface area contributed by atoms with Crippen LogP contribution < -0.4 is 14.8 Å². The highest BCUT2D eigenvalue weighted by Crippen LogP contribution is 2.28. The van der Waals surface area contributed by atoms with Crippen molar-refractivity contribution in [2.45, 2.75) is 31.9 Å². The van der Waals surface area contributed by atoms with Crippen LogP contribution in [0.15, 0.2) is 18.2 Å². The lowest BCUT2D eigenvalue weighted by atomic mass is 9.89. The summed E-state index contributed by atoms with van der Waals surface area (Å²) in [5, 5.41) is 12.1. The van der Waals surface area contributed by atoms with E-state index in [9.17, 15) is 9.90 Å². The van der Waals surface area contributed by atoms with Crippen molar-refractivity contribution in [3.8, 4) is 11.5 Å². The van der Waals surface area contributed by atoms with Gasteiger partial charge in [-0.3, -0.25) is 4.79 Å². The van der Waals surface area contributed by atoms with E-state index in [1.54, 1.807) is 25.3 Å². The third kappa shape index (κ3) is 3.17. The fourth-order valence-electron chi connectivity index (χ4n) is 2.06. The fraction of sp³-hybridized carbons (Fsp3) is 0.500. The highest BCUT2D eigenvalue weighted by molar-refractivity contribution is 5.95. The third-order valence-corrected chi connectivity index (χ3v) is 3.17. The second kappa shape index (κ2) is 5.93. The van der Waals surface area contributed by atoms with E-state index in [4.69, 9.17) is 9.47 Å². The van der Waals surface area contributed by atoms with Gasteiger partial charge in [-0.1, -0.05) is 0 Å². The van der Waals surface area contributed by atoms with Crippen molar-refractivity contribution in [1.82, 2.24) is 5.32 Å². The van der Waals surface area contributed by atoms with Gasteiger partial charge in [-0.2, -0.15) is 0 Å². The molecule has 2 N–H and O–H groups in total. The standard InChI is InChI=1S/C14H19NO4/c1-3-19-12-5-4-9(6-13(12)18-2)14(17)15-10-7-11(16)8-10/h4-6,10-11,16H,3,7-8H2,1-2H3,(H,15,17). The maximum atomic E-state index is 12.0. The zero-order valence-electron chi connectivity index (χ0n) is 11.2. The molecule has 1 amide bonds. The van der Waals surface area contributed by atoms with Gasteiger partial charge in [-0.05, 0) is 38.0 Å². The molecule has 5 heteroatoms. The van der Waals surface area contributed by atoms with Crippen LogP contribution in [0.2, 0.25) is 0 Å². The van der Waals surface area contributed by atoms with Gasteiger partial charge in [0.15, 0.2) is 11.5 Å². The molecule has 1 fully saturated rings. The molecular weight excluding hydrogens is 246 g/mol. The molecule has 1 aliphatic carbocycles. The molecule has 1 aliphatic rings. The molecule has 1 aromatic carbocycles. The Morgan fingerprint density at radius 1 is 1.42 bits per heavy atom. The molecule has 104 valence electrons. The summed E-state index contributed by atoms with van der Waals surface area (Å²) in [6, 6.07) is 5.17. The SMILES string of the molecule is CCOc1ccc(C(=O)NC2CC(O)C2)cc1OC. The topological polar surface area (TPSA) is 67.8 Å². The number of benzene rings is 1. The number of nitrogens with one attached hydrogen (secondary N) is 1. The Bertz CT molecular complexity index is 455. The lowest BCUT2D eigenvalue weighted by Gasteiger charge is -2.31. The lowest BCUT2D eigenvalue weighted by molar-refractivity contribution is 0.0562. The van der Waals surface area contributed by atoms with Crippen LogP contribution >= 0.6 is 0 Å². The van der Waals surface area contributed by atoms with Crippen molar-refractivity contribution in [3.05, 3.63) is 23.8 Å². The second-order valence-electron chi connectivity index (χ2n) is 4.59. The van der Waals surface area contributed by atoms with Crippen LogP contribution in [0.1, 0.15) is 30.1 Å². The minimum absolute atomic E-state index is 0.0695. The van der Waals surface area contributed by atoms with Crippen molar-refractivity contribution in [2.75, 3.05) is 13.7 Å². The minimum atomic E-state index is -0.278. The fourth-order valence-corrected chi connectivity index (χ4v) is 2.06.